The summed E-state index contributed by atoms with van der Waals surface area (Å²) in [4.78, 5) is 87.4. The first-order valence-corrected chi connectivity index (χ1v) is 27.8. The molecule has 2 aromatic heterocycles. The molecular weight excluding hydrogens is 1020 g/mol. The number of carbonyl (C=O) groups excluding carboxylic acids is 5. The van der Waals surface area contributed by atoms with Gasteiger partial charge in [0.1, 0.15) is 35.1 Å². The molecular formula is C53H69ClFN11O7S2. The number of likely N-dealkylation sites (tertiary alicyclic amines) is 2. The van der Waals surface area contributed by atoms with Gasteiger partial charge in [-0.25, -0.2) is 19.3 Å². The van der Waals surface area contributed by atoms with Gasteiger partial charge >= 0.3 is 0 Å². The number of halogens is 2. The summed E-state index contributed by atoms with van der Waals surface area (Å²) in [6.07, 6.45) is 5.44. The minimum atomic E-state index is -1.99. The molecule has 1 saturated carbocycles. The van der Waals surface area contributed by atoms with Crippen LogP contribution in [0.15, 0.2) is 58.0 Å². The predicted octanol–water partition coefficient (Wildman–Crippen LogP) is 6.65. The molecule has 2 aromatic carbocycles. The van der Waals surface area contributed by atoms with Gasteiger partial charge in [-0.15, -0.1) is 11.3 Å². The first-order valence-electron chi connectivity index (χ1n) is 25.7. The highest BCUT2D eigenvalue weighted by Crippen LogP contribution is 2.41. The molecule has 1 aliphatic carbocycles. The Morgan fingerprint density at radius 3 is 2.45 bits per heavy atom. The van der Waals surface area contributed by atoms with Crippen LogP contribution in [0.5, 0.6) is 5.75 Å². The molecule has 0 spiro atoms. The number of nitrogens with one attached hydrogen (secondary N) is 3. The maximum atomic E-state index is 14.7. The number of aromatic nitrogens is 3. The summed E-state index contributed by atoms with van der Waals surface area (Å²) in [6, 6.07) is 8.90. The summed E-state index contributed by atoms with van der Waals surface area (Å²) in [6.45, 7) is 12.2. The molecule has 4 aliphatic rings. The van der Waals surface area contributed by atoms with E-state index in [-0.39, 0.29) is 56.0 Å². The largest absolute Gasteiger partial charge is 0.493 e. The van der Waals surface area contributed by atoms with Crippen molar-refractivity contribution in [3.63, 3.8) is 0 Å². The van der Waals surface area contributed by atoms with E-state index in [9.17, 15) is 33.5 Å². The monoisotopic (exact) mass is 1090 g/mol. The summed E-state index contributed by atoms with van der Waals surface area (Å²) in [5.41, 5.74) is 14.3. The molecule has 8 N–H and O–H groups in total. The van der Waals surface area contributed by atoms with Gasteiger partial charge in [-0.2, -0.15) is 0 Å². The van der Waals surface area contributed by atoms with Gasteiger partial charge in [-0.05, 0) is 100 Å². The minimum absolute atomic E-state index is 0.00911. The van der Waals surface area contributed by atoms with Gasteiger partial charge in [0.2, 0.25) is 23.6 Å². The lowest BCUT2D eigenvalue weighted by Gasteiger charge is -2.37. The van der Waals surface area contributed by atoms with E-state index in [1.54, 1.807) is 55.6 Å². The van der Waals surface area contributed by atoms with E-state index >= 15 is 0 Å². The van der Waals surface area contributed by atoms with Gasteiger partial charge in [0, 0.05) is 61.7 Å². The number of nitrogen functional groups attached to an aromatic ring is 1. The fourth-order valence-electron chi connectivity index (χ4n) is 9.69. The lowest BCUT2D eigenvalue weighted by molar-refractivity contribution is -0.145. The standard InChI is InChI=1S/C53H69ClFN11O7S2/c1-31-44(74-30-60-31)33-11-12-34(27-58-47(70)37-25-35(67)29-66(37)49(71)45(51(2,3)4)63-50(72)53(55)15-16-53)38(24-33)73-23-7-8-32-13-19-65(20-14-32)42(69)26-41(68)61-36-9-6-10-39(43(36)54)75-48-46(56)62-40(28-59-48)64-21-17-52(5,57)18-22-64/h6,9-12,24,28,30,32,35,37,45,67H,7-8,13-23,25-27,29,57H2,1-5H3,(H2,56,62)(H,58,70)(H,61,68)(H,63,72)/t35-,37+,45-/m1/s1. The van der Waals surface area contributed by atoms with Crippen molar-refractivity contribution in [2.24, 2.45) is 17.1 Å². The van der Waals surface area contributed by atoms with Crippen molar-refractivity contribution in [3.8, 4) is 16.2 Å². The second-order valence-electron chi connectivity index (χ2n) is 21.8. The molecule has 4 aromatic rings. The van der Waals surface area contributed by atoms with Crippen LogP contribution in [0.25, 0.3) is 10.4 Å². The second-order valence-corrected chi connectivity index (χ2v) is 24.0. The normalized spacial score (nSPS) is 19.8. The van der Waals surface area contributed by atoms with Gasteiger partial charge < -0.3 is 52.0 Å². The first kappa shape index (κ1) is 55.6. The fraction of sp³-hybridized carbons (Fsp3) is 0.547. The van der Waals surface area contributed by atoms with E-state index in [4.69, 9.17) is 27.8 Å². The van der Waals surface area contributed by atoms with Crippen LogP contribution in [0.4, 0.5) is 21.7 Å². The number of piperidine rings is 2. The minimum Gasteiger partial charge on any atom is -0.493 e. The number of carbonyl (C=O) groups is 5. The molecule has 4 fully saturated rings. The third-order valence-electron chi connectivity index (χ3n) is 14.6. The molecule has 75 heavy (non-hydrogen) atoms. The van der Waals surface area contributed by atoms with Crippen molar-refractivity contribution >= 4 is 81.6 Å². The highest BCUT2D eigenvalue weighted by Gasteiger charge is 2.53. The van der Waals surface area contributed by atoms with Crippen LogP contribution in [0.2, 0.25) is 5.02 Å². The Morgan fingerprint density at radius 1 is 1.05 bits per heavy atom. The Balaban J connectivity index is 0.803. The number of aliphatic hydroxyl groups excluding tert-OH is 1. The van der Waals surface area contributed by atoms with Crippen LogP contribution in [-0.4, -0.2) is 128 Å². The summed E-state index contributed by atoms with van der Waals surface area (Å²) in [5.74, 6) is -0.704. The van der Waals surface area contributed by atoms with Crippen LogP contribution < -0.4 is 37.1 Å². The summed E-state index contributed by atoms with van der Waals surface area (Å²) in [7, 11) is 0. The Kier molecular flexibility index (Phi) is 17.3. The summed E-state index contributed by atoms with van der Waals surface area (Å²) >= 11 is 9.52. The van der Waals surface area contributed by atoms with Crippen molar-refractivity contribution < 1.29 is 38.2 Å². The zero-order valence-corrected chi connectivity index (χ0v) is 45.6. The van der Waals surface area contributed by atoms with E-state index in [0.29, 0.717) is 63.4 Å². The Hall–Kier alpha value is -5.61. The maximum Gasteiger partial charge on any atom is 0.258 e. The number of benzene rings is 2. The summed E-state index contributed by atoms with van der Waals surface area (Å²) < 4.78 is 21.1. The second kappa shape index (κ2) is 23.3. The molecule has 0 unspecified atom stereocenters. The predicted molar refractivity (Wildman–Crippen MR) is 288 cm³/mol. The van der Waals surface area contributed by atoms with Gasteiger partial charge in [0.15, 0.2) is 11.5 Å². The highest BCUT2D eigenvalue weighted by atomic mass is 35.5. The highest BCUT2D eigenvalue weighted by molar-refractivity contribution is 7.99. The number of rotatable bonds is 18. The molecule has 5 amide bonds. The molecule has 18 nitrogen and oxygen atoms in total. The number of hydrogen-bond acceptors (Lipinski definition) is 15. The number of anilines is 3. The lowest BCUT2D eigenvalue weighted by Crippen LogP contribution is -2.59. The third-order valence-corrected chi connectivity index (χ3v) is 17.2. The summed E-state index contributed by atoms with van der Waals surface area (Å²) in [5, 5.41) is 19.8. The van der Waals surface area contributed by atoms with E-state index in [1.807, 2.05) is 25.1 Å². The Bertz CT molecular complexity index is 2750. The Labute approximate surface area is 450 Å². The molecule has 0 bridgehead atoms. The third kappa shape index (κ3) is 13.9. The average molecular weight is 1090 g/mol. The first-order chi connectivity index (χ1) is 35.6. The molecule has 5 heterocycles. The smallest absolute Gasteiger partial charge is 0.258 e. The van der Waals surface area contributed by atoms with E-state index < -0.39 is 52.9 Å². The molecule has 404 valence electrons. The van der Waals surface area contributed by atoms with Gasteiger partial charge in [-0.3, -0.25) is 24.0 Å². The van der Waals surface area contributed by atoms with E-state index in [0.717, 1.165) is 67.7 Å². The van der Waals surface area contributed by atoms with Crippen molar-refractivity contribution in [3.05, 3.63) is 64.4 Å². The zero-order valence-electron chi connectivity index (χ0n) is 43.3. The van der Waals surface area contributed by atoms with E-state index in [1.165, 1.54) is 28.0 Å². The van der Waals surface area contributed by atoms with Gasteiger partial charge in [0.25, 0.3) is 5.91 Å². The molecule has 8 rings (SSSR count). The average Bonchev–Trinajstić information content (AvgIpc) is 3.77. The molecule has 3 atom stereocenters. The number of hydrogen-bond donors (Lipinski definition) is 6. The number of nitrogens with zero attached hydrogens (tertiary/aromatic N) is 6. The molecule has 22 heteroatoms. The topological polar surface area (TPSA) is 251 Å². The lowest BCUT2D eigenvalue weighted by atomic mass is 9.85. The molecule has 0 radical (unpaired) electrons. The number of aliphatic hydroxyl groups is 1. The van der Waals surface area contributed by atoms with E-state index in [2.05, 4.69) is 42.7 Å². The SMILES string of the molecule is Cc1ncsc1-c1ccc(CNC(=O)[C@@H]2C[C@@H](O)CN2C(=O)[C@@H](NC(=O)C2(F)CC2)C(C)(C)C)c(OCCCC2CCN(C(=O)CC(=O)Nc3cccc(Sc4ncc(N5CCC(C)(N)CC5)nc4N)c3Cl)CC2)c1. The number of ether oxygens (including phenoxy) is 1. The molecule has 3 saturated heterocycles. The zero-order chi connectivity index (χ0) is 53.8. The van der Waals surface area contributed by atoms with Crippen LogP contribution in [0.1, 0.15) is 103 Å². The number of alkyl halides is 1. The number of amides is 5. The Morgan fingerprint density at radius 2 is 1.79 bits per heavy atom. The van der Waals surface area contributed by atoms with Crippen molar-refractivity contribution in [1.82, 2.24) is 35.4 Å². The van der Waals surface area contributed by atoms with Crippen molar-refractivity contribution in [2.75, 3.05) is 55.3 Å². The molecule has 3 aliphatic heterocycles. The van der Waals surface area contributed by atoms with Crippen LogP contribution >= 0.6 is 34.7 Å². The van der Waals surface area contributed by atoms with Crippen LogP contribution in [-0.2, 0) is 30.5 Å². The van der Waals surface area contributed by atoms with Crippen LogP contribution in [0.3, 0.4) is 0 Å². The quantitative estimate of drug-likeness (QED) is 0.0451. The fourth-order valence-corrected chi connectivity index (χ4v) is 11.6. The number of β-amino-alcohol motifs (C(OH)–C–C–N with tert-alkyl or cyclic N) is 1. The van der Waals surface area contributed by atoms with Crippen LogP contribution in [0, 0.1) is 18.3 Å². The van der Waals surface area contributed by atoms with Gasteiger partial charge in [-0.1, -0.05) is 62.3 Å². The van der Waals surface area contributed by atoms with Gasteiger partial charge in [0.05, 0.1) is 45.7 Å². The maximum absolute atomic E-state index is 14.7. The van der Waals surface area contributed by atoms with Crippen molar-refractivity contribution in [2.45, 2.75) is 145 Å². The number of thiazole rings is 1. The van der Waals surface area contributed by atoms with Crippen molar-refractivity contribution in [1.29, 1.82) is 0 Å². The number of nitrogens with two attached hydrogens (primary N) is 2. The number of aryl methyl sites for hydroxylation is 1.